The van der Waals surface area contributed by atoms with Crippen LogP contribution >= 0.6 is 11.6 Å². The summed E-state index contributed by atoms with van der Waals surface area (Å²) >= 11 is 6.11. The Morgan fingerprint density at radius 1 is 1.45 bits per heavy atom. The first-order valence-electron chi connectivity index (χ1n) is 8.37. The Labute approximate surface area is 170 Å². The summed E-state index contributed by atoms with van der Waals surface area (Å²) in [6.07, 6.45) is -0.774. The smallest absolute Gasteiger partial charge is 0.308 e. The topological polar surface area (TPSA) is 96.4 Å². The van der Waals surface area contributed by atoms with Gasteiger partial charge in [0.1, 0.15) is 17.1 Å². The highest BCUT2D eigenvalue weighted by Crippen LogP contribution is 2.27. The molecule has 0 bridgehead atoms. The van der Waals surface area contributed by atoms with E-state index in [1.165, 1.54) is 30.2 Å². The quantitative estimate of drug-likeness (QED) is 0.509. The largest absolute Gasteiger partial charge is 0.402 e. The average molecular weight is 456 g/mol. The fourth-order valence-corrected chi connectivity index (χ4v) is 4.47. The number of amides is 1. The molecule has 0 spiro atoms. The van der Waals surface area contributed by atoms with Crippen molar-refractivity contribution in [2.24, 2.45) is 5.92 Å². The molecule has 2 aromatic heterocycles. The summed E-state index contributed by atoms with van der Waals surface area (Å²) in [6, 6.07) is 3.16. The van der Waals surface area contributed by atoms with Crippen molar-refractivity contribution in [1.82, 2.24) is 9.78 Å². The standard InChI is InChI=1S/C16H19ClF3N4O4S/c1-3-23(15(25)11(2)9-29(27,28)10-16(18,19)20)13-8-24(21-14(13)17)12-5-4-6-22(26)7-12/h4-8,11,26H,3,9-10H2,1-2H3/q+1. The van der Waals surface area contributed by atoms with Gasteiger partial charge in [-0.1, -0.05) is 18.5 Å². The molecule has 2 aromatic rings. The molecular weight excluding hydrogens is 437 g/mol. The molecule has 0 saturated carbocycles. The molecule has 0 aliphatic heterocycles. The number of pyridine rings is 1. The Morgan fingerprint density at radius 2 is 2.10 bits per heavy atom. The Balaban J connectivity index is 2.25. The number of aromatic nitrogens is 3. The highest BCUT2D eigenvalue weighted by molar-refractivity contribution is 7.91. The third-order valence-corrected chi connectivity index (χ3v) is 5.91. The number of carbonyl (C=O) groups excluding carboxylic acids is 1. The third kappa shape index (κ3) is 6.07. The van der Waals surface area contributed by atoms with E-state index in [9.17, 15) is 31.6 Å². The number of hydrogen-bond donors (Lipinski definition) is 1. The zero-order valence-electron chi connectivity index (χ0n) is 15.5. The molecule has 1 atom stereocenters. The maximum Gasteiger partial charge on any atom is 0.402 e. The minimum absolute atomic E-state index is 0.0705. The van der Waals surface area contributed by atoms with Crippen LogP contribution in [0.4, 0.5) is 18.9 Å². The van der Waals surface area contributed by atoms with E-state index in [4.69, 9.17) is 11.6 Å². The summed E-state index contributed by atoms with van der Waals surface area (Å²) in [5.74, 6) is -4.86. The number of alkyl halides is 3. The second-order valence-corrected chi connectivity index (χ2v) is 8.81. The fraction of sp³-hybridized carbons (Fsp3) is 0.438. The van der Waals surface area contributed by atoms with Crippen molar-refractivity contribution >= 4 is 33.0 Å². The summed E-state index contributed by atoms with van der Waals surface area (Å²) < 4.78 is 62.8. The van der Waals surface area contributed by atoms with Gasteiger partial charge in [0, 0.05) is 23.3 Å². The number of carbonyl (C=O) groups is 1. The molecule has 13 heteroatoms. The van der Waals surface area contributed by atoms with E-state index in [0.717, 1.165) is 9.63 Å². The molecule has 2 heterocycles. The van der Waals surface area contributed by atoms with Crippen molar-refractivity contribution in [3.05, 3.63) is 35.9 Å². The predicted molar refractivity (Wildman–Crippen MR) is 97.9 cm³/mol. The lowest BCUT2D eigenvalue weighted by molar-refractivity contribution is -0.904. The molecule has 1 unspecified atom stereocenters. The maximum absolute atomic E-state index is 12.7. The lowest BCUT2D eigenvalue weighted by Crippen LogP contribution is -2.39. The Kier molecular flexibility index (Phi) is 6.78. The van der Waals surface area contributed by atoms with Crippen molar-refractivity contribution in [3.8, 4) is 5.69 Å². The molecule has 0 aliphatic carbocycles. The number of halogens is 4. The minimum Gasteiger partial charge on any atom is -0.308 e. The van der Waals surface area contributed by atoms with Gasteiger partial charge in [-0.2, -0.15) is 18.3 Å². The van der Waals surface area contributed by atoms with E-state index in [1.807, 2.05) is 0 Å². The summed E-state index contributed by atoms with van der Waals surface area (Å²) in [7, 11) is -4.52. The normalized spacial score (nSPS) is 13.3. The van der Waals surface area contributed by atoms with E-state index in [-0.39, 0.29) is 17.4 Å². The molecule has 1 N–H and O–H groups in total. The zero-order valence-corrected chi connectivity index (χ0v) is 17.0. The van der Waals surface area contributed by atoms with Crippen LogP contribution in [0.1, 0.15) is 13.8 Å². The summed E-state index contributed by atoms with van der Waals surface area (Å²) in [5.41, 5.74) is 0.583. The molecule has 0 radical (unpaired) electrons. The van der Waals surface area contributed by atoms with E-state index in [1.54, 1.807) is 19.1 Å². The molecule has 1 amide bonds. The maximum atomic E-state index is 12.7. The van der Waals surface area contributed by atoms with Gasteiger partial charge in [0.2, 0.25) is 18.3 Å². The molecule has 29 heavy (non-hydrogen) atoms. The van der Waals surface area contributed by atoms with Gasteiger partial charge in [0.15, 0.2) is 15.0 Å². The van der Waals surface area contributed by atoms with E-state index in [2.05, 4.69) is 5.10 Å². The van der Waals surface area contributed by atoms with Gasteiger partial charge in [0.05, 0.1) is 11.9 Å². The Bertz CT molecular complexity index is 994. The predicted octanol–water partition coefficient (Wildman–Crippen LogP) is 2.02. The third-order valence-electron chi connectivity index (χ3n) is 3.87. The molecule has 2 rings (SSSR count). The van der Waals surface area contributed by atoms with Gasteiger partial charge in [-0.05, 0) is 13.0 Å². The van der Waals surface area contributed by atoms with E-state index >= 15 is 0 Å². The zero-order chi connectivity index (χ0) is 22.0. The monoisotopic (exact) mass is 455 g/mol. The summed E-state index contributed by atoms with van der Waals surface area (Å²) in [4.78, 5) is 13.9. The van der Waals surface area contributed by atoms with Crippen LogP contribution in [0, 0.1) is 5.92 Å². The number of sulfone groups is 1. The Morgan fingerprint density at radius 3 is 2.66 bits per heavy atom. The number of hydrogen-bond acceptors (Lipinski definition) is 5. The molecule has 8 nitrogen and oxygen atoms in total. The van der Waals surface area contributed by atoms with Crippen molar-refractivity contribution in [2.75, 3.05) is 23.0 Å². The summed E-state index contributed by atoms with van der Waals surface area (Å²) in [5, 5.41) is 13.5. The number of rotatable bonds is 7. The first kappa shape index (κ1) is 22.9. The van der Waals surface area contributed by atoms with Gasteiger partial charge in [-0.3, -0.25) is 10.0 Å². The first-order valence-corrected chi connectivity index (χ1v) is 10.6. The van der Waals surface area contributed by atoms with Crippen LogP contribution in [-0.2, 0) is 14.6 Å². The molecule has 0 aliphatic rings. The SMILES string of the molecule is CCN(C(=O)C(C)CS(=O)(=O)CC(F)(F)F)c1cn(-c2ccc[n+](O)c2)nc1Cl. The van der Waals surface area contributed by atoms with E-state index < -0.39 is 39.3 Å². The minimum atomic E-state index is -4.88. The Hall–Kier alpha value is -2.34. The molecule has 0 fully saturated rings. The molecular formula is C16H19ClF3N4O4S+. The van der Waals surface area contributed by atoms with Crippen molar-refractivity contribution in [1.29, 1.82) is 0 Å². The van der Waals surface area contributed by atoms with Crippen LogP contribution in [0.2, 0.25) is 5.15 Å². The second kappa shape index (κ2) is 8.57. The average Bonchev–Trinajstić information content (AvgIpc) is 2.94. The second-order valence-electron chi connectivity index (χ2n) is 6.35. The highest BCUT2D eigenvalue weighted by atomic mass is 35.5. The van der Waals surface area contributed by atoms with Crippen LogP contribution < -0.4 is 9.63 Å². The number of nitrogens with zero attached hydrogens (tertiary/aromatic N) is 4. The van der Waals surface area contributed by atoms with Gasteiger partial charge in [0.25, 0.3) is 0 Å². The lowest BCUT2D eigenvalue weighted by Gasteiger charge is -2.23. The van der Waals surface area contributed by atoms with Gasteiger partial charge >= 0.3 is 6.18 Å². The van der Waals surface area contributed by atoms with Gasteiger partial charge in [-0.25, -0.2) is 13.1 Å². The fourth-order valence-electron chi connectivity index (χ4n) is 2.72. The highest BCUT2D eigenvalue weighted by Gasteiger charge is 2.37. The van der Waals surface area contributed by atoms with Gasteiger partial charge < -0.3 is 4.90 Å². The van der Waals surface area contributed by atoms with E-state index in [0.29, 0.717) is 5.69 Å². The van der Waals surface area contributed by atoms with Crippen LogP contribution in [-0.4, -0.2) is 53.5 Å². The molecule has 0 aromatic carbocycles. The number of anilines is 1. The van der Waals surface area contributed by atoms with Crippen LogP contribution in [0.3, 0.4) is 0 Å². The van der Waals surface area contributed by atoms with Crippen LogP contribution in [0.25, 0.3) is 5.69 Å². The molecule has 0 saturated heterocycles. The van der Waals surface area contributed by atoms with Crippen molar-refractivity contribution < 1.29 is 36.3 Å². The molecule has 160 valence electrons. The van der Waals surface area contributed by atoms with Crippen LogP contribution in [0.15, 0.2) is 30.7 Å². The summed E-state index contributed by atoms with van der Waals surface area (Å²) in [6.45, 7) is 2.93. The lowest BCUT2D eigenvalue weighted by atomic mass is 10.2. The van der Waals surface area contributed by atoms with Crippen molar-refractivity contribution in [2.45, 2.75) is 20.0 Å². The van der Waals surface area contributed by atoms with Crippen molar-refractivity contribution in [3.63, 3.8) is 0 Å². The first-order chi connectivity index (χ1) is 13.3. The van der Waals surface area contributed by atoms with Crippen LogP contribution in [0.5, 0.6) is 0 Å². The van der Waals surface area contributed by atoms with Gasteiger partial charge in [-0.15, -0.1) is 0 Å².